The van der Waals surface area contributed by atoms with Crippen molar-refractivity contribution >= 4 is 23.2 Å². The van der Waals surface area contributed by atoms with Crippen molar-refractivity contribution in [3.8, 4) is 0 Å². The first kappa shape index (κ1) is 15.1. The number of anilines is 1. The van der Waals surface area contributed by atoms with E-state index in [1.54, 1.807) is 0 Å². The van der Waals surface area contributed by atoms with Gasteiger partial charge in [-0.1, -0.05) is 23.7 Å². The fourth-order valence-corrected chi connectivity index (χ4v) is 2.94. The minimum absolute atomic E-state index is 0.0170. The number of carbonyl (C=O) groups excluding carboxylic acids is 1. The Kier molecular flexibility index (Phi) is 5.26. The van der Waals surface area contributed by atoms with Gasteiger partial charge in [0.1, 0.15) is 0 Å². The number of hydrogen-bond donors (Lipinski definition) is 2. The van der Waals surface area contributed by atoms with Crippen LogP contribution < -0.4 is 15.1 Å². The highest BCUT2D eigenvalue weighted by Crippen LogP contribution is 2.24. The predicted molar refractivity (Wildman–Crippen MR) is 82.5 cm³/mol. The maximum absolute atomic E-state index is 11.9. The number of hydrogen-bond acceptors (Lipinski definition) is 2. The van der Waals surface area contributed by atoms with E-state index >= 15 is 0 Å². The molecule has 1 aliphatic rings. The van der Waals surface area contributed by atoms with Crippen LogP contribution in [-0.2, 0) is 4.79 Å². The number of quaternary nitrogens is 1. The second-order valence-corrected chi connectivity index (χ2v) is 5.62. The number of rotatable bonds is 4. The quantitative estimate of drug-likeness (QED) is 0.852. The molecular formula is C15H23ClN3O+. The van der Waals surface area contributed by atoms with Gasteiger partial charge >= 0.3 is 0 Å². The lowest BCUT2D eigenvalue weighted by atomic mass is 10.2. The Balaban J connectivity index is 1.92. The molecule has 20 heavy (non-hydrogen) atoms. The monoisotopic (exact) mass is 296 g/mol. The summed E-state index contributed by atoms with van der Waals surface area (Å²) in [5, 5.41) is 3.70. The van der Waals surface area contributed by atoms with Crippen LogP contribution in [-0.4, -0.2) is 44.7 Å². The molecule has 1 aromatic rings. The second kappa shape index (κ2) is 6.95. The highest BCUT2D eigenvalue weighted by molar-refractivity contribution is 6.33. The third kappa shape index (κ3) is 3.44. The van der Waals surface area contributed by atoms with Gasteiger partial charge in [-0.3, -0.25) is 4.79 Å². The first-order valence-corrected chi connectivity index (χ1v) is 7.63. The number of amides is 1. The zero-order valence-electron chi connectivity index (χ0n) is 12.2. The molecule has 4 nitrogen and oxygen atoms in total. The van der Waals surface area contributed by atoms with E-state index in [-0.39, 0.29) is 11.9 Å². The predicted octanol–water partition coefficient (Wildman–Crippen LogP) is 0.570. The number of nitrogens with zero attached hydrogens (tertiary/aromatic N) is 1. The maximum atomic E-state index is 11.9. The fraction of sp³-hybridized carbons (Fsp3) is 0.533. The largest absolute Gasteiger partial charge is 0.359 e. The summed E-state index contributed by atoms with van der Waals surface area (Å²) < 4.78 is 0. The standard InChI is InChI=1S/C15H22ClN3O/c1-3-17-15(20)12(2)18-8-10-19(11-9-18)14-7-5-4-6-13(14)16/h4-7,12H,3,8-11H2,1-2H3,(H,17,20)/p+1/t12-/m1/s1. The van der Waals surface area contributed by atoms with Crippen molar-refractivity contribution in [3.63, 3.8) is 0 Å². The van der Waals surface area contributed by atoms with E-state index in [1.807, 2.05) is 32.0 Å². The number of para-hydroxylation sites is 1. The van der Waals surface area contributed by atoms with E-state index in [0.717, 1.165) is 36.9 Å². The number of halogens is 1. The molecule has 0 aliphatic carbocycles. The molecule has 0 radical (unpaired) electrons. The smallest absolute Gasteiger partial charge is 0.278 e. The van der Waals surface area contributed by atoms with Gasteiger partial charge in [-0.15, -0.1) is 0 Å². The molecule has 0 bridgehead atoms. The molecule has 0 saturated carbocycles. The molecular weight excluding hydrogens is 274 g/mol. The average Bonchev–Trinajstić information content (AvgIpc) is 2.47. The summed E-state index contributed by atoms with van der Waals surface area (Å²) in [6.07, 6.45) is 0. The van der Waals surface area contributed by atoms with E-state index in [0.29, 0.717) is 6.54 Å². The Bertz CT molecular complexity index is 458. The van der Waals surface area contributed by atoms with Crippen LogP contribution in [0, 0.1) is 0 Å². The van der Waals surface area contributed by atoms with Crippen LogP contribution in [0.25, 0.3) is 0 Å². The highest BCUT2D eigenvalue weighted by Gasteiger charge is 2.29. The van der Waals surface area contributed by atoms with Crippen molar-refractivity contribution in [1.82, 2.24) is 5.32 Å². The Morgan fingerprint density at radius 3 is 2.65 bits per heavy atom. The van der Waals surface area contributed by atoms with Crippen molar-refractivity contribution in [2.45, 2.75) is 19.9 Å². The van der Waals surface area contributed by atoms with Crippen LogP contribution in [0.3, 0.4) is 0 Å². The minimum Gasteiger partial charge on any atom is -0.359 e. The Morgan fingerprint density at radius 1 is 1.40 bits per heavy atom. The minimum atomic E-state index is 0.0170. The molecule has 5 heteroatoms. The van der Waals surface area contributed by atoms with Gasteiger partial charge in [-0.05, 0) is 26.0 Å². The summed E-state index contributed by atoms with van der Waals surface area (Å²) in [4.78, 5) is 15.5. The molecule has 1 fully saturated rings. The summed E-state index contributed by atoms with van der Waals surface area (Å²) in [5.74, 6) is 0.147. The summed E-state index contributed by atoms with van der Waals surface area (Å²) in [6, 6.07) is 7.96. The Labute approximate surface area is 125 Å². The van der Waals surface area contributed by atoms with Gasteiger partial charge in [-0.25, -0.2) is 0 Å². The van der Waals surface area contributed by atoms with E-state index in [1.165, 1.54) is 4.90 Å². The van der Waals surface area contributed by atoms with E-state index in [4.69, 9.17) is 11.6 Å². The molecule has 1 aliphatic heterocycles. The van der Waals surface area contributed by atoms with E-state index in [9.17, 15) is 4.79 Å². The van der Waals surface area contributed by atoms with Gasteiger partial charge in [0.25, 0.3) is 5.91 Å². The normalized spacial score (nSPS) is 17.9. The first-order valence-electron chi connectivity index (χ1n) is 7.25. The number of likely N-dealkylation sites (N-methyl/N-ethyl adjacent to an activating group) is 1. The van der Waals surface area contributed by atoms with Crippen molar-refractivity contribution in [1.29, 1.82) is 0 Å². The molecule has 2 N–H and O–H groups in total. The van der Waals surface area contributed by atoms with Crippen molar-refractivity contribution < 1.29 is 9.69 Å². The first-order chi connectivity index (χ1) is 9.63. The SMILES string of the molecule is CCNC(=O)[C@@H](C)[NH+]1CCN(c2ccccc2Cl)CC1. The lowest BCUT2D eigenvalue weighted by Gasteiger charge is -2.36. The van der Waals surface area contributed by atoms with Gasteiger partial charge in [0, 0.05) is 6.54 Å². The molecule has 0 aromatic heterocycles. The maximum Gasteiger partial charge on any atom is 0.278 e. The zero-order valence-corrected chi connectivity index (χ0v) is 12.9. The van der Waals surface area contributed by atoms with Gasteiger partial charge in [-0.2, -0.15) is 0 Å². The molecule has 1 saturated heterocycles. The third-order valence-corrected chi connectivity index (χ3v) is 4.28. The number of nitrogens with one attached hydrogen (secondary N) is 2. The molecule has 0 spiro atoms. The lowest BCUT2D eigenvalue weighted by Crippen LogP contribution is -3.19. The summed E-state index contributed by atoms with van der Waals surface area (Å²) in [7, 11) is 0. The number of carbonyl (C=O) groups is 1. The topological polar surface area (TPSA) is 36.8 Å². The number of piperazine rings is 1. The molecule has 1 heterocycles. The van der Waals surface area contributed by atoms with Crippen LogP contribution in [0.4, 0.5) is 5.69 Å². The van der Waals surface area contributed by atoms with Crippen LogP contribution in [0.2, 0.25) is 5.02 Å². The molecule has 0 unspecified atom stereocenters. The summed E-state index contributed by atoms with van der Waals surface area (Å²) in [5.41, 5.74) is 1.10. The van der Waals surface area contributed by atoms with Crippen molar-refractivity contribution in [2.75, 3.05) is 37.6 Å². The van der Waals surface area contributed by atoms with Crippen molar-refractivity contribution in [3.05, 3.63) is 29.3 Å². The van der Waals surface area contributed by atoms with Crippen LogP contribution in [0.15, 0.2) is 24.3 Å². The second-order valence-electron chi connectivity index (χ2n) is 5.21. The lowest BCUT2D eigenvalue weighted by molar-refractivity contribution is -0.914. The Morgan fingerprint density at radius 2 is 2.05 bits per heavy atom. The molecule has 1 aromatic carbocycles. The van der Waals surface area contributed by atoms with Crippen LogP contribution >= 0.6 is 11.6 Å². The molecule has 2 rings (SSSR count). The van der Waals surface area contributed by atoms with Gasteiger partial charge in [0.15, 0.2) is 6.04 Å². The van der Waals surface area contributed by atoms with E-state index in [2.05, 4.69) is 16.3 Å². The van der Waals surface area contributed by atoms with Crippen LogP contribution in [0.5, 0.6) is 0 Å². The van der Waals surface area contributed by atoms with Crippen LogP contribution in [0.1, 0.15) is 13.8 Å². The number of benzene rings is 1. The van der Waals surface area contributed by atoms with Gasteiger partial charge < -0.3 is 15.1 Å². The third-order valence-electron chi connectivity index (χ3n) is 3.96. The van der Waals surface area contributed by atoms with E-state index < -0.39 is 0 Å². The zero-order chi connectivity index (χ0) is 14.5. The van der Waals surface area contributed by atoms with Gasteiger partial charge in [0.2, 0.25) is 0 Å². The fourth-order valence-electron chi connectivity index (χ4n) is 2.69. The molecule has 1 amide bonds. The van der Waals surface area contributed by atoms with Crippen molar-refractivity contribution in [2.24, 2.45) is 0 Å². The summed E-state index contributed by atoms with van der Waals surface area (Å²) in [6.45, 7) is 8.45. The Hall–Kier alpha value is -1.26. The highest BCUT2D eigenvalue weighted by atomic mass is 35.5. The average molecular weight is 297 g/mol. The molecule has 110 valence electrons. The molecule has 1 atom stereocenters. The van der Waals surface area contributed by atoms with Gasteiger partial charge in [0.05, 0.1) is 36.9 Å². The summed E-state index contributed by atoms with van der Waals surface area (Å²) >= 11 is 6.24.